The molecule has 0 bridgehead atoms. The summed E-state index contributed by atoms with van der Waals surface area (Å²) in [5.74, 6) is -1.76. The highest BCUT2D eigenvalue weighted by Gasteiger charge is 2.42. The lowest BCUT2D eigenvalue weighted by atomic mass is 9.95. The first-order valence-corrected chi connectivity index (χ1v) is 7.27. The standard InChI is InChI=1S/C17H15FN2O3/c1-2-3-7-17(23-10-21)16-12(6-8-22-17)14-11(9-19)4-5-13(18)15(14)20-16/h2,4-5,10,20H,1,3,6-8H2. The third-order valence-electron chi connectivity index (χ3n) is 4.11. The molecule has 0 saturated carbocycles. The van der Waals surface area contributed by atoms with Gasteiger partial charge in [-0.05, 0) is 30.5 Å². The van der Waals surface area contributed by atoms with Crippen LogP contribution in [0.5, 0.6) is 0 Å². The number of allylic oxidation sites excluding steroid dienone is 1. The van der Waals surface area contributed by atoms with Gasteiger partial charge in [0.25, 0.3) is 12.3 Å². The number of carbonyl (C=O) groups excluding carboxylic acids is 1. The van der Waals surface area contributed by atoms with Crippen molar-refractivity contribution in [1.82, 2.24) is 4.98 Å². The van der Waals surface area contributed by atoms with Gasteiger partial charge in [0.1, 0.15) is 5.82 Å². The first-order valence-electron chi connectivity index (χ1n) is 7.27. The fourth-order valence-corrected chi connectivity index (χ4v) is 3.12. The van der Waals surface area contributed by atoms with E-state index < -0.39 is 11.6 Å². The van der Waals surface area contributed by atoms with Crippen LogP contribution in [0.15, 0.2) is 24.8 Å². The summed E-state index contributed by atoms with van der Waals surface area (Å²) in [5, 5.41) is 9.83. The minimum absolute atomic E-state index is 0.233. The Morgan fingerprint density at radius 2 is 2.39 bits per heavy atom. The van der Waals surface area contributed by atoms with E-state index in [2.05, 4.69) is 17.6 Å². The largest absolute Gasteiger partial charge is 0.429 e. The highest BCUT2D eigenvalue weighted by atomic mass is 19.1. The zero-order valence-electron chi connectivity index (χ0n) is 12.4. The molecule has 1 aliphatic rings. The summed E-state index contributed by atoms with van der Waals surface area (Å²) in [6.45, 7) is 4.30. The summed E-state index contributed by atoms with van der Waals surface area (Å²) in [7, 11) is 0. The van der Waals surface area contributed by atoms with Crippen molar-refractivity contribution >= 4 is 17.4 Å². The number of fused-ring (bicyclic) bond motifs is 3. The van der Waals surface area contributed by atoms with Gasteiger partial charge in [-0.1, -0.05) is 6.08 Å². The van der Waals surface area contributed by atoms with Crippen LogP contribution in [0.1, 0.15) is 29.7 Å². The number of nitrogens with zero attached hydrogens (tertiary/aromatic N) is 1. The summed E-state index contributed by atoms with van der Waals surface area (Å²) in [6.07, 6.45) is 3.11. The molecule has 118 valence electrons. The number of nitriles is 1. The number of benzene rings is 1. The number of rotatable bonds is 5. The van der Waals surface area contributed by atoms with E-state index in [4.69, 9.17) is 9.47 Å². The number of carbonyl (C=O) groups is 1. The second-order valence-electron chi connectivity index (χ2n) is 5.33. The van der Waals surface area contributed by atoms with Crippen LogP contribution in [0.4, 0.5) is 4.39 Å². The van der Waals surface area contributed by atoms with E-state index in [0.717, 1.165) is 5.56 Å². The van der Waals surface area contributed by atoms with Gasteiger partial charge in [0.15, 0.2) is 0 Å². The Kier molecular flexibility index (Phi) is 3.89. The van der Waals surface area contributed by atoms with Crippen molar-refractivity contribution in [3.05, 3.63) is 47.4 Å². The molecule has 3 rings (SSSR count). The predicted octanol–water partition coefficient (Wildman–Crippen LogP) is 3.04. The zero-order chi connectivity index (χ0) is 16.4. The van der Waals surface area contributed by atoms with Gasteiger partial charge in [-0.25, -0.2) is 4.39 Å². The molecule has 2 aromatic rings. The van der Waals surface area contributed by atoms with Crippen LogP contribution >= 0.6 is 0 Å². The molecule has 0 amide bonds. The second kappa shape index (κ2) is 5.86. The molecule has 0 spiro atoms. The van der Waals surface area contributed by atoms with E-state index in [9.17, 15) is 14.4 Å². The number of halogens is 1. The number of aromatic amines is 1. The first-order chi connectivity index (χ1) is 11.2. The Morgan fingerprint density at radius 3 is 3.09 bits per heavy atom. The molecule has 0 aliphatic carbocycles. The number of aromatic nitrogens is 1. The van der Waals surface area contributed by atoms with Crippen LogP contribution in [-0.2, 0) is 26.5 Å². The zero-order valence-corrected chi connectivity index (χ0v) is 12.4. The molecular formula is C17H15FN2O3. The fraction of sp³-hybridized carbons (Fsp3) is 0.294. The molecule has 0 fully saturated rings. The molecular weight excluding hydrogens is 299 g/mol. The Balaban J connectivity index is 2.28. The SMILES string of the molecule is C=CCCC1(OC=O)OCCc2c1[nH]c1c(F)ccc(C#N)c21. The molecule has 1 N–H and O–H groups in total. The summed E-state index contributed by atoms with van der Waals surface area (Å²) in [4.78, 5) is 14.0. The highest BCUT2D eigenvalue weighted by Crippen LogP contribution is 2.41. The van der Waals surface area contributed by atoms with Crippen LogP contribution in [0.2, 0.25) is 0 Å². The van der Waals surface area contributed by atoms with Crippen molar-refractivity contribution in [1.29, 1.82) is 5.26 Å². The van der Waals surface area contributed by atoms with E-state index in [1.165, 1.54) is 12.1 Å². The third kappa shape index (κ3) is 2.30. The Morgan fingerprint density at radius 1 is 1.57 bits per heavy atom. The van der Waals surface area contributed by atoms with Crippen LogP contribution in [0.25, 0.3) is 10.9 Å². The van der Waals surface area contributed by atoms with E-state index >= 15 is 0 Å². The Hall–Kier alpha value is -2.65. The van der Waals surface area contributed by atoms with E-state index in [0.29, 0.717) is 49.0 Å². The normalized spacial score (nSPS) is 19.8. The summed E-state index contributed by atoms with van der Waals surface area (Å²) in [5.41, 5.74) is 1.86. The van der Waals surface area contributed by atoms with Crippen molar-refractivity contribution in [2.45, 2.75) is 25.0 Å². The molecule has 23 heavy (non-hydrogen) atoms. The number of H-pyrrole nitrogens is 1. The third-order valence-corrected chi connectivity index (χ3v) is 4.11. The lowest BCUT2D eigenvalue weighted by molar-refractivity contribution is -0.239. The van der Waals surface area contributed by atoms with Crippen molar-refractivity contribution in [3.63, 3.8) is 0 Å². The maximum Gasteiger partial charge on any atom is 0.295 e. The highest BCUT2D eigenvalue weighted by molar-refractivity contribution is 5.91. The van der Waals surface area contributed by atoms with Gasteiger partial charge in [-0.15, -0.1) is 6.58 Å². The molecule has 0 radical (unpaired) electrons. The van der Waals surface area contributed by atoms with Gasteiger partial charge < -0.3 is 14.5 Å². The fourth-order valence-electron chi connectivity index (χ4n) is 3.12. The maximum absolute atomic E-state index is 14.2. The topological polar surface area (TPSA) is 75.1 Å². The average Bonchev–Trinajstić information content (AvgIpc) is 2.96. The molecule has 1 aliphatic heterocycles. The number of hydrogen-bond donors (Lipinski definition) is 1. The van der Waals surface area contributed by atoms with Crippen LogP contribution in [0.3, 0.4) is 0 Å². The number of nitrogens with one attached hydrogen (secondary N) is 1. The molecule has 1 unspecified atom stereocenters. The van der Waals surface area contributed by atoms with Crippen molar-refractivity contribution in [2.24, 2.45) is 0 Å². The Bertz CT molecular complexity index is 821. The van der Waals surface area contributed by atoms with Gasteiger partial charge in [0, 0.05) is 11.8 Å². The van der Waals surface area contributed by atoms with Crippen LogP contribution in [-0.4, -0.2) is 18.1 Å². The van der Waals surface area contributed by atoms with Crippen molar-refractivity contribution < 1.29 is 18.7 Å². The van der Waals surface area contributed by atoms with Crippen LogP contribution in [0, 0.1) is 17.1 Å². The van der Waals surface area contributed by atoms with Crippen LogP contribution < -0.4 is 0 Å². The molecule has 1 aromatic carbocycles. The molecule has 6 heteroatoms. The smallest absolute Gasteiger partial charge is 0.295 e. The van der Waals surface area contributed by atoms with E-state index in [1.807, 2.05) is 0 Å². The lowest BCUT2D eigenvalue weighted by Crippen LogP contribution is -2.38. The Labute approximate surface area is 132 Å². The average molecular weight is 314 g/mol. The first kappa shape index (κ1) is 15.3. The summed E-state index contributed by atoms with van der Waals surface area (Å²) < 4.78 is 25.2. The van der Waals surface area contributed by atoms with E-state index in [-0.39, 0.29) is 5.52 Å². The van der Waals surface area contributed by atoms with Gasteiger partial charge in [0.05, 0.1) is 29.5 Å². The predicted molar refractivity (Wildman–Crippen MR) is 80.9 cm³/mol. The van der Waals surface area contributed by atoms with Gasteiger partial charge in [-0.3, -0.25) is 4.79 Å². The number of hydrogen-bond acceptors (Lipinski definition) is 4. The van der Waals surface area contributed by atoms with Gasteiger partial charge in [-0.2, -0.15) is 5.26 Å². The van der Waals surface area contributed by atoms with Gasteiger partial charge >= 0.3 is 0 Å². The molecule has 1 atom stereocenters. The monoisotopic (exact) mass is 314 g/mol. The maximum atomic E-state index is 14.2. The minimum Gasteiger partial charge on any atom is -0.429 e. The molecule has 0 saturated heterocycles. The van der Waals surface area contributed by atoms with Gasteiger partial charge in [0.2, 0.25) is 0 Å². The second-order valence-corrected chi connectivity index (χ2v) is 5.33. The quantitative estimate of drug-likeness (QED) is 0.680. The summed E-state index contributed by atoms with van der Waals surface area (Å²) in [6, 6.07) is 4.78. The molecule has 2 heterocycles. The van der Waals surface area contributed by atoms with E-state index in [1.54, 1.807) is 6.08 Å². The summed E-state index contributed by atoms with van der Waals surface area (Å²) >= 11 is 0. The molecule has 1 aromatic heterocycles. The minimum atomic E-state index is -1.30. The molecule has 5 nitrogen and oxygen atoms in total. The van der Waals surface area contributed by atoms with Crippen molar-refractivity contribution in [3.8, 4) is 6.07 Å². The number of ether oxygens (including phenoxy) is 2. The lowest BCUT2D eigenvalue weighted by Gasteiger charge is -2.35. The van der Waals surface area contributed by atoms with Crippen molar-refractivity contribution in [2.75, 3.05) is 6.61 Å².